The number of ether oxygens (including phenoxy) is 2. The lowest BCUT2D eigenvalue weighted by Gasteiger charge is -2.07. The lowest BCUT2D eigenvalue weighted by atomic mass is 10.2. The highest BCUT2D eigenvalue weighted by atomic mass is 16.6. The molecule has 8 nitrogen and oxygen atoms in total. The van der Waals surface area contributed by atoms with Gasteiger partial charge in [0.15, 0.2) is 12.4 Å². The Balaban J connectivity index is 1.54. The van der Waals surface area contributed by atoms with E-state index in [-0.39, 0.29) is 12.2 Å². The number of rotatable bonds is 6. The zero-order valence-corrected chi connectivity index (χ0v) is 18.2. The summed E-state index contributed by atoms with van der Waals surface area (Å²) in [4.78, 5) is 29.2. The minimum atomic E-state index is -0.466. The summed E-state index contributed by atoms with van der Waals surface area (Å²) in [6, 6.07) is 23.5. The first-order valence-corrected chi connectivity index (χ1v) is 10.5. The second-order valence-electron chi connectivity index (χ2n) is 7.40. The van der Waals surface area contributed by atoms with E-state index < -0.39 is 5.97 Å². The van der Waals surface area contributed by atoms with E-state index in [1.165, 1.54) is 11.8 Å². The van der Waals surface area contributed by atoms with Crippen molar-refractivity contribution in [1.29, 1.82) is 0 Å². The number of hydrogen-bond acceptors (Lipinski definition) is 7. The van der Waals surface area contributed by atoms with Crippen LogP contribution < -0.4 is 10.3 Å². The van der Waals surface area contributed by atoms with Crippen molar-refractivity contribution < 1.29 is 18.7 Å². The zero-order valence-electron chi connectivity index (χ0n) is 18.2. The predicted octanol–water partition coefficient (Wildman–Crippen LogP) is 4.24. The molecule has 2 heterocycles. The van der Waals surface area contributed by atoms with Crippen LogP contribution in [0, 0.1) is 0 Å². The van der Waals surface area contributed by atoms with Crippen LogP contribution >= 0.6 is 0 Å². The number of carbonyl (C=O) groups excluding carboxylic acids is 1. The minimum absolute atomic E-state index is 0.178. The molecule has 5 aromatic rings. The van der Waals surface area contributed by atoms with Gasteiger partial charge in [-0.25, -0.2) is 9.78 Å². The molecule has 0 aliphatic carbocycles. The van der Waals surface area contributed by atoms with Crippen LogP contribution in [0.15, 0.2) is 93.2 Å². The number of aromatic nitrogens is 2. The number of nitrogens with zero attached hydrogens (tertiary/aromatic N) is 3. The average Bonchev–Trinajstić information content (AvgIpc) is 3.31. The summed E-state index contributed by atoms with van der Waals surface area (Å²) in [6.07, 6.45) is 1.55. The van der Waals surface area contributed by atoms with Gasteiger partial charge >= 0.3 is 5.97 Å². The van der Waals surface area contributed by atoms with Crippen LogP contribution in [0.25, 0.3) is 33.5 Å². The fourth-order valence-corrected chi connectivity index (χ4v) is 3.46. The second-order valence-corrected chi connectivity index (χ2v) is 7.40. The van der Waals surface area contributed by atoms with Gasteiger partial charge < -0.3 is 13.9 Å². The highest BCUT2D eigenvalue weighted by Crippen LogP contribution is 2.27. The van der Waals surface area contributed by atoms with Crippen molar-refractivity contribution in [3.05, 3.63) is 94.8 Å². The number of furan rings is 1. The highest BCUT2D eigenvalue weighted by molar-refractivity contribution is 5.84. The topological polar surface area (TPSA) is 95.9 Å². The Bertz CT molecular complexity index is 1550. The van der Waals surface area contributed by atoms with Gasteiger partial charge in [-0.15, -0.1) is 0 Å². The number of methoxy groups -OCH3 is 1. The summed E-state index contributed by atoms with van der Waals surface area (Å²) in [7, 11) is 1.30. The average molecular weight is 453 g/mol. The number of para-hydroxylation sites is 2. The van der Waals surface area contributed by atoms with Crippen LogP contribution in [-0.4, -0.2) is 35.6 Å². The van der Waals surface area contributed by atoms with Crippen molar-refractivity contribution in [1.82, 2.24) is 9.66 Å². The standard InChI is InChI=1S/C26H19N3O5/c1-32-24(30)16-33-19-12-10-17(11-13-19)15-27-29-25(23-14-18-6-2-5-9-22(18)34-23)28-21-8-4-3-7-20(21)26(29)31/h2-15H,16H2,1H3. The molecular weight excluding hydrogens is 434 g/mol. The largest absolute Gasteiger partial charge is 0.482 e. The summed E-state index contributed by atoms with van der Waals surface area (Å²) < 4.78 is 17.1. The number of esters is 1. The SMILES string of the molecule is COC(=O)COc1ccc(C=Nn2c(-c3cc4ccccc4o3)nc3ccccc3c2=O)cc1. The van der Waals surface area contributed by atoms with E-state index >= 15 is 0 Å². The van der Waals surface area contributed by atoms with E-state index in [4.69, 9.17) is 9.15 Å². The Hall–Kier alpha value is -4.72. The monoisotopic (exact) mass is 453 g/mol. The van der Waals surface area contributed by atoms with Crippen LogP contribution in [0.5, 0.6) is 5.75 Å². The lowest BCUT2D eigenvalue weighted by Crippen LogP contribution is -2.20. The van der Waals surface area contributed by atoms with Crippen molar-refractivity contribution in [3.8, 4) is 17.3 Å². The zero-order chi connectivity index (χ0) is 23.5. The summed E-state index contributed by atoms with van der Waals surface area (Å²) in [5.41, 5.74) is 1.66. The molecule has 0 radical (unpaired) electrons. The van der Waals surface area contributed by atoms with E-state index in [1.54, 1.807) is 48.7 Å². The van der Waals surface area contributed by atoms with Crippen LogP contribution in [0.1, 0.15) is 5.56 Å². The minimum Gasteiger partial charge on any atom is -0.482 e. The fourth-order valence-electron chi connectivity index (χ4n) is 3.46. The molecule has 0 saturated carbocycles. The number of fused-ring (bicyclic) bond motifs is 2. The highest BCUT2D eigenvalue weighted by Gasteiger charge is 2.16. The first-order valence-electron chi connectivity index (χ1n) is 10.5. The first-order chi connectivity index (χ1) is 16.6. The molecule has 0 unspecified atom stereocenters. The normalized spacial score (nSPS) is 11.3. The Labute approximate surface area is 193 Å². The molecule has 0 N–H and O–H groups in total. The van der Waals surface area contributed by atoms with Gasteiger partial charge in [0.25, 0.3) is 5.56 Å². The maximum absolute atomic E-state index is 13.3. The number of hydrogen-bond donors (Lipinski definition) is 0. The van der Waals surface area contributed by atoms with Crippen molar-refractivity contribution in [2.45, 2.75) is 0 Å². The molecular formula is C26H19N3O5. The van der Waals surface area contributed by atoms with Gasteiger partial charge in [0.2, 0.25) is 5.82 Å². The Morgan fingerprint density at radius 2 is 1.82 bits per heavy atom. The van der Waals surface area contributed by atoms with E-state index in [0.717, 1.165) is 10.9 Å². The smallest absolute Gasteiger partial charge is 0.343 e. The second kappa shape index (κ2) is 9.03. The molecule has 8 heteroatoms. The van der Waals surface area contributed by atoms with E-state index in [9.17, 15) is 9.59 Å². The quantitative estimate of drug-likeness (QED) is 0.282. The van der Waals surface area contributed by atoms with Crippen molar-refractivity contribution in [3.63, 3.8) is 0 Å². The molecule has 34 heavy (non-hydrogen) atoms. The fraction of sp³-hybridized carbons (Fsp3) is 0.0769. The summed E-state index contributed by atoms with van der Waals surface area (Å²) in [6.45, 7) is -0.178. The van der Waals surface area contributed by atoms with Crippen molar-refractivity contribution in [2.24, 2.45) is 5.10 Å². The molecule has 0 aliphatic rings. The molecule has 0 saturated heterocycles. The van der Waals surface area contributed by atoms with Crippen molar-refractivity contribution in [2.75, 3.05) is 13.7 Å². The maximum atomic E-state index is 13.3. The molecule has 3 aromatic carbocycles. The third kappa shape index (κ3) is 4.16. The Morgan fingerprint density at radius 3 is 2.62 bits per heavy atom. The van der Waals surface area contributed by atoms with Crippen LogP contribution in [-0.2, 0) is 9.53 Å². The van der Waals surface area contributed by atoms with Crippen molar-refractivity contribution >= 4 is 34.1 Å². The number of benzene rings is 3. The van der Waals surface area contributed by atoms with E-state index in [0.29, 0.717) is 33.8 Å². The molecule has 0 bridgehead atoms. The van der Waals surface area contributed by atoms with Crippen LogP contribution in [0.4, 0.5) is 0 Å². The van der Waals surface area contributed by atoms with E-state index in [2.05, 4.69) is 14.8 Å². The molecule has 5 rings (SSSR count). The summed E-state index contributed by atoms with van der Waals surface area (Å²) >= 11 is 0. The van der Waals surface area contributed by atoms with E-state index in [1.807, 2.05) is 36.4 Å². The molecule has 0 atom stereocenters. The van der Waals surface area contributed by atoms with Gasteiger partial charge in [-0.05, 0) is 54.1 Å². The predicted molar refractivity (Wildman–Crippen MR) is 128 cm³/mol. The molecule has 0 fully saturated rings. The Kier molecular flexibility index (Phi) is 5.61. The van der Waals surface area contributed by atoms with Gasteiger partial charge in [0.1, 0.15) is 11.3 Å². The summed E-state index contributed by atoms with van der Waals surface area (Å²) in [5, 5.41) is 5.78. The third-order valence-corrected chi connectivity index (χ3v) is 5.19. The molecule has 0 amide bonds. The molecule has 168 valence electrons. The van der Waals surface area contributed by atoms with Gasteiger partial charge in [-0.1, -0.05) is 30.3 Å². The Morgan fingerprint density at radius 1 is 1.06 bits per heavy atom. The third-order valence-electron chi connectivity index (χ3n) is 5.19. The summed E-state index contributed by atoms with van der Waals surface area (Å²) in [5.74, 6) is 0.781. The first kappa shape index (κ1) is 21.1. The van der Waals surface area contributed by atoms with Gasteiger partial charge in [-0.3, -0.25) is 4.79 Å². The maximum Gasteiger partial charge on any atom is 0.343 e. The van der Waals surface area contributed by atoms with Crippen LogP contribution in [0.2, 0.25) is 0 Å². The molecule has 0 aliphatic heterocycles. The van der Waals surface area contributed by atoms with Gasteiger partial charge in [0, 0.05) is 5.39 Å². The molecule has 2 aromatic heterocycles. The van der Waals surface area contributed by atoms with Crippen LogP contribution in [0.3, 0.4) is 0 Å². The number of carbonyl (C=O) groups is 1. The molecule has 0 spiro atoms. The van der Waals surface area contributed by atoms with Gasteiger partial charge in [0.05, 0.1) is 24.2 Å². The lowest BCUT2D eigenvalue weighted by molar-refractivity contribution is -0.142. The van der Waals surface area contributed by atoms with Gasteiger partial charge in [-0.2, -0.15) is 9.78 Å².